The van der Waals surface area contributed by atoms with Gasteiger partial charge in [-0.3, -0.25) is 9.59 Å². The third-order valence-corrected chi connectivity index (χ3v) is 5.05. The Hall–Kier alpha value is -2.74. The number of hydrogen-bond donors (Lipinski definition) is 1. The molecule has 0 aliphatic carbocycles. The van der Waals surface area contributed by atoms with Crippen molar-refractivity contribution in [1.82, 2.24) is 19.9 Å². The van der Waals surface area contributed by atoms with Crippen LogP contribution in [0.1, 0.15) is 34.6 Å². The summed E-state index contributed by atoms with van der Waals surface area (Å²) in [5.74, 6) is 0.262. The van der Waals surface area contributed by atoms with Crippen LogP contribution in [0.4, 0.5) is 0 Å². The molecule has 0 aliphatic rings. The van der Waals surface area contributed by atoms with E-state index < -0.39 is 0 Å². The summed E-state index contributed by atoms with van der Waals surface area (Å²) in [5, 5.41) is 3.38. The molecule has 0 fully saturated rings. The fourth-order valence-electron chi connectivity index (χ4n) is 2.57. The first kappa shape index (κ1) is 18.1. The second kappa shape index (κ2) is 7.25. The molecular formula is C18H20N4O3S. The first-order valence-corrected chi connectivity index (χ1v) is 9.03. The minimum Gasteiger partial charge on any atom is -0.475 e. The van der Waals surface area contributed by atoms with Crippen LogP contribution in [-0.2, 0) is 13.6 Å². The Morgan fingerprint density at radius 3 is 2.88 bits per heavy atom. The summed E-state index contributed by atoms with van der Waals surface area (Å²) >= 11 is 1.22. The van der Waals surface area contributed by atoms with Crippen LogP contribution in [0, 0.1) is 6.92 Å². The van der Waals surface area contributed by atoms with Crippen molar-refractivity contribution in [3.8, 4) is 5.88 Å². The number of ether oxygens (including phenoxy) is 1. The number of amides is 1. The van der Waals surface area contributed by atoms with Gasteiger partial charge >= 0.3 is 0 Å². The van der Waals surface area contributed by atoms with Gasteiger partial charge in [-0.1, -0.05) is 6.07 Å². The Kier molecular flexibility index (Phi) is 5.03. The van der Waals surface area contributed by atoms with Crippen LogP contribution in [0.3, 0.4) is 0 Å². The van der Waals surface area contributed by atoms with Crippen molar-refractivity contribution >= 4 is 27.5 Å². The van der Waals surface area contributed by atoms with Crippen LogP contribution in [0.2, 0.25) is 0 Å². The van der Waals surface area contributed by atoms with E-state index in [4.69, 9.17) is 4.74 Å². The summed E-state index contributed by atoms with van der Waals surface area (Å²) in [5.41, 5.74) is 1.30. The highest BCUT2D eigenvalue weighted by molar-refractivity contribution is 7.20. The van der Waals surface area contributed by atoms with E-state index in [1.807, 2.05) is 19.9 Å². The van der Waals surface area contributed by atoms with E-state index in [1.54, 1.807) is 26.2 Å². The highest BCUT2D eigenvalue weighted by Crippen LogP contribution is 2.26. The van der Waals surface area contributed by atoms with E-state index in [9.17, 15) is 9.59 Å². The van der Waals surface area contributed by atoms with Gasteiger partial charge in [0, 0.05) is 25.4 Å². The van der Waals surface area contributed by atoms with E-state index in [1.165, 1.54) is 22.2 Å². The minimum absolute atomic E-state index is 0.00789. The van der Waals surface area contributed by atoms with Gasteiger partial charge in [-0.05, 0) is 32.4 Å². The number of carbonyl (C=O) groups is 1. The molecular weight excluding hydrogens is 352 g/mol. The van der Waals surface area contributed by atoms with Crippen molar-refractivity contribution < 1.29 is 9.53 Å². The van der Waals surface area contributed by atoms with Crippen LogP contribution in [0.25, 0.3) is 10.2 Å². The number of nitrogens with zero attached hydrogens (tertiary/aromatic N) is 3. The molecule has 0 aromatic carbocycles. The lowest BCUT2D eigenvalue weighted by atomic mass is 10.2. The number of aromatic nitrogens is 3. The molecule has 0 unspecified atom stereocenters. The van der Waals surface area contributed by atoms with Crippen LogP contribution >= 0.6 is 11.3 Å². The Balaban J connectivity index is 1.84. The summed E-state index contributed by atoms with van der Waals surface area (Å²) < 4.78 is 7.08. The summed E-state index contributed by atoms with van der Waals surface area (Å²) in [6.45, 7) is 5.90. The maximum absolute atomic E-state index is 12.6. The molecule has 0 bridgehead atoms. The van der Waals surface area contributed by atoms with Crippen LogP contribution in [0.15, 0.2) is 29.5 Å². The van der Waals surface area contributed by atoms with Gasteiger partial charge < -0.3 is 14.6 Å². The Morgan fingerprint density at radius 1 is 1.38 bits per heavy atom. The monoisotopic (exact) mass is 372 g/mol. The van der Waals surface area contributed by atoms with Gasteiger partial charge in [-0.15, -0.1) is 11.3 Å². The van der Waals surface area contributed by atoms with Crippen molar-refractivity contribution in [3.63, 3.8) is 0 Å². The van der Waals surface area contributed by atoms with Gasteiger partial charge in [0.2, 0.25) is 5.88 Å². The molecule has 1 N–H and O–H groups in total. The molecule has 3 rings (SSSR count). The molecule has 1 amide bonds. The Morgan fingerprint density at radius 2 is 2.15 bits per heavy atom. The maximum Gasteiger partial charge on any atom is 0.262 e. The Bertz CT molecular complexity index is 1020. The van der Waals surface area contributed by atoms with Crippen molar-refractivity contribution in [3.05, 3.63) is 51.0 Å². The SMILES string of the molecule is Cc1c(C(=O)NCc2cccnc2OC(C)C)sc2ncn(C)c(=O)c12. The average Bonchev–Trinajstić information content (AvgIpc) is 2.94. The molecule has 3 aromatic rings. The fourth-order valence-corrected chi connectivity index (χ4v) is 3.62. The highest BCUT2D eigenvalue weighted by Gasteiger charge is 2.19. The highest BCUT2D eigenvalue weighted by atomic mass is 32.1. The lowest BCUT2D eigenvalue weighted by Crippen LogP contribution is -2.23. The molecule has 3 heterocycles. The number of fused-ring (bicyclic) bond motifs is 1. The summed E-state index contributed by atoms with van der Waals surface area (Å²) in [4.78, 5) is 34.4. The number of rotatable bonds is 5. The number of carbonyl (C=O) groups excluding carboxylic acids is 1. The zero-order valence-corrected chi connectivity index (χ0v) is 15.9. The van der Waals surface area contributed by atoms with Crippen LogP contribution in [0.5, 0.6) is 5.88 Å². The quantitative estimate of drug-likeness (QED) is 0.743. The van der Waals surface area contributed by atoms with E-state index in [2.05, 4.69) is 15.3 Å². The molecule has 0 atom stereocenters. The molecule has 0 aliphatic heterocycles. The molecule has 0 spiro atoms. The molecule has 0 radical (unpaired) electrons. The molecule has 8 heteroatoms. The third kappa shape index (κ3) is 3.45. The van der Waals surface area contributed by atoms with Crippen molar-refractivity contribution in [2.24, 2.45) is 7.05 Å². The van der Waals surface area contributed by atoms with Crippen molar-refractivity contribution in [2.75, 3.05) is 0 Å². The minimum atomic E-state index is -0.244. The number of thiophene rings is 1. The first-order chi connectivity index (χ1) is 12.4. The summed E-state index contributed by atoms with van der Waals surface area (Å²) in [6.07, 6.45) is 3.11. The second-order valence-electron chi connectivity index (χ2n) is 6.21. The van der Waals surface area contributed by atoms with Gasteiger partial charge in [0.25, 0.3) is 11.5 Å². The topological polar surface area (TPSA) is 86.1 Å². The van der Waals surface area contributed by atoms with Gasteiger partial charge in [0.15, 0.2) is 0 Å². The zero-order valence-electron chi connectivity index (χ0n) is 15.1. The molecule has 3 aromatic heterocycles. The number of hydrogen-bond acceptors (Lipinski definition) is 6. The third-order valence-electron chi connectivity index (χ3n) is 3.85. The zero-order chi connectivity index (χ0) is 18.8. The number of aryl methyl sites for hydroxylation is 2. The fraction of sp³-hybridized carbons (Fsp3) is 0.333. The molecule has 0 saturated carbocycles. The van der Waals surface area contributed by atoms with E-state index in [0.29, 0.717) is 26.5 Å². The van der Waals surface area contributed by atoms with Crippen molar-refractivity contribution in [2.45, 2.75) is 33.4 Å². The maximum atomic E-state index is 12.6. The predicted molar refractivity (Wildman–Crippen MR) is 101 cm³/mol. The molecule has 26 heavy (non-hydrogen) atoms. The first-order valence-electron chi connectivity index (χ1n) is 8.22. The summed E-state index contributed by atoms with van der Waals surface area (Å²) in [6, 6.07) is 3.66. The lowest BCUT2D eigenvalue weighted by Gasteiger charge is -2.13. The van der Waals surface area contributed by atoms with E-state index >= 15 is 0 Å². The Labute approximate surface area is 154 Å². The van der Waals surface area contributed by atoms with Crippen LogP contribution in [-0.4, -0.2) is 26.5 Å². The van der Waals surface area contributed by atoms with E-state index in [-0.39, 0.29) is 24.1 Å². The predicted octanol–water partition coefficient (Wildman–Crippen LogP) is 2.42. The van der Waals surface area contributed by atoms with Crippen molar-refractivity contribution in [1.29, 1.82) is 0 Å². The van der Waals surface area contributed by atoms with Crippen LogP contribution < -0.4 is 15.6 Å². The average molecular weight is 372 g/mol. The normalized spacial score (nSPS) is 11.1. The number of pyridine rings is 1. The molecule has 136 valence electrons. The number of nitrogens with one attached hydrogen (secondary N) is 1. The lowest BCUT2D eigenvalue weighted by molar-refractivity contribution is 0.0954. The largest absolute Gasteiger partial charge is 0.475 e. The van der Waals surface area contributed by atoms with Gasteiger partial charge in [-0.2, -0.15) is 0 Å². The summed E-state index contributed by atoms with van der Waals surface area (Å²) in [7, 11) is 1.64. The standard InChI is InChI=1S/C18H20N4O3S/c1-10(2)25-16-12(6-5-7-19-16)8-20-15(23)14-11(3)13-17(26-14)21-9-22(4)18(13)24/h5-7,9-10H,8H2,1-4H3,(H,20,23). The van der Waals surface area contributed by atoms with Gasteiger partial charge in [-0.25, -0.2) is 9.97 Å². The van der Waals surface area contributed by atoms with Gasteiger partial charge in [0.1, 0.15) is 4.83 Å². The van der Waals surface area contributed by atoms with Gasteiger partial charge in [0.05, 0.1) is 22.7 Å². The second-order valence-corrected chi connectivity index (χ2v) is 7.21. The molecule has 7 nitrogen and oxygen atoms in total. The smallest absolute Gasteiger partial charge is 0.262 e. The van der Waals surface area contributed by atoms with E-state index in [0.717, 1.165) is 5.56 Å². The molecule has 0 saturated heterocycles.